The number of alkyl halides is 2. The molecule has 1 aromatic rings. The summed E-state index contributed by atoms with van der Waals surface area (Å²) in [5, 5.41) is 9.88. The SMILES string of the molecule is Nc1ccn([C@@H]2O[C@H](COP(=O)(O)N3CCOCC3)C(O)C2(F)F)c(=O)n1. The smallest absolute Gasteiger partial charge is 0.384 e. The Kier molecular flexibility index (Phi) is 5.64. The van der Waals surface area contributed by atoms with Gasteiger partial charge in [0.1, 0.15) is 11.9 Å². The molecule has 2 unspecified atom stereocenters. The van der Waals surface area contributed by atoms with E-state index in [1.165, 1.54) is 0 Å². The number of aliphatic hydroxyl groups is 1. The molecule has 3 rings (SSSR count). The molecule has 0 amide bonds. The van der Waals surface area contributed by atoms with Crippen LogP contribution in [-0.2, 0) is 18.6 Å². The van der Waals surface area contributed by atoms with Crippen LogP contribution in [0.15, 0.2) is 17.1 Å². The summed E-state index contributed by atoms with van der Waals surface area (Å²) in [7, 11) is -4.28. The summed E-state index contributed by atoms with van der Waals surface area (Å²) in [6.07, 6.45) is -5.21. The van der Waals surface area contributed by atoms with Crippen LogP contribution in [0, 0.1) is 0 Å². The zero-order valence-corrected chi connectivity index (χ0v) is 14.9. The Morgan fingerprint density at radius 3 is 2.74 bits per heavy atom. The normalized spacial score (nSPS) is 30.9. The van der Waals surface area contributed by atoms with E-state index in [0.717, 1.165) is 16.9 Å². The fraction of sp³-hybridized carbons (Fsp3) is 0.692. The number of hydrogen-bond donors (Lipinski definition) is 3. The van der Waals surface area contributed by atoms with Crippen molar-refractivity contribution in [3.8, 4) is 0 Å². The summed E-state index contributed by atoms with van der Waals surface area (Å²) in [4.78, 5) is 25.1. The van der Waals surface area contributed by atoms with Crippen LogP contribution >= 0.6 is 7.75 Å². The van der Waals surface area contributed by atoms with Gasteiger partial charge in [0.2, 0.25) is 6.23 Å². The van der Waals surface area contributed by atoms with E-state index in [-0.39, 0.29) is 32.1 Å². The van der Waals surface area contributed by atoms with Crippen LogP contribution in [0.5, 0.6) is 0 Å². The van der Waals surface area contributed by atoms with Crippen molar-refractivity contribution in [3.05, 3.63) is 22.7 Å². The average molecular weight is 412 g/mol. The number of ether oxygens (including phenoxy) is 2. The van der Waals surface area contributed by atoms with Crippen molar-refractivity contribution in [3.63, 3.8) is 0 Å². The van der Waals surface area contributed by atoms with Gasteiger partial charge in [0.15, 0.2) is 6.10 Å². The van der Waals surface area contributed by atoms with Gasteiger partial charge in [-0.05, 0) is 6.07 Å². The Morgan fingerprint density at radius 1 is 1.44 bits per heavy atom. The van der Waals surface area contributed by atoms with Crippen molar-refractivity contribution < 1.29 is 37.3 Å². The lowest BCUT2D eigenvalue weighted by atomic mass is 10.1. The van der Waals surface area contributed by atoms with Gasteiger partial charge in [-0.25, -0.2) is 14.0 Å². The topological polar surface area (TPSA) is 149 Å². The number of nitrogens with zero attached hydrogens (tertiary/aromatic N) is 3. The fourth-order valence-corrected chi connectivity index (χ4v) is 3.94. The number of aromatic nitrogens is 2. The van der Waals surface area contributed by atoms with Crippen molar-refractivity contribution in [2.24, 2.45) is 0 Å². The summed E-state index contributed by atoms with van der Waals surface area (Å²) in [6, 6.07) is 1.12. The van der Waals surface area contributed by atoms with E-state index in [2.05, 4.69) is 4.98 Å². The van der Waals surface area contributed by atoms with Crippen molar-refractivity contribution in [2.75, 3.05) is 38.6 Å². The molecule has 2 aliphatic heterocycles. The second-order valence-corrected chi connectivity index (χ2v) is 7.85. The zero-order chi connectivity index (χ0) is 19.8. The van der Waals surface area contributed by atoms with Gasteiger partial charge in [0.05, 0.1) is 19.8 Å². The number of aliphatic hydroxyl groups excluding tert-OH is 1. The lowest BCUT2D eigenvalue weighted by molar-refractivity contribution is -0.140. The molecule has 0 bridgehead atoms. The molecule has 1 aromatic heterocycles. The number of anilines is 1. The Balaban J connectivity index is 1.72. The molecule has 2 saturated heterocycles. The Hall–Kier alpha value is -1.47. The highest BCUT2D eigenvalue weighted by molar-refractivity contribution is 7.50. The molecule has 14 heteroatoms. The molecule has 3 heterocycles. The van der Waals surface area contributed by atoms with Crippen LogP contribution in [0.25, 0.3) is 0 Å². The van der Waals surface area contributed by atoms with Gasteiger partial charge in [-0.3, -0.25) is 9.09 Å². The Bertz CT molecular complexity index is 788. The van der Waals surface area contributed by atoms with E-state index in [9.17, 15) is 28.1 Å². The Morgan fingerprint density at radius 2 is 2.11 bits per heavy atom. The van der Waals surface area contributed by atoms with Gasteiger partial charge in [-0.1, -0.05) is 0 Å². The standard InChI is InChI=1S/C13H19F2N4O7P/c14-13(15)10(20)8(7-25-27(22,23)18-3-5-24-6-4-18)26-11(13)19-2-1-9(16)17-12(19)21/h1-2,8,10-11,20H,3-7H2,(H,22,23)(H2,16,17,21)/t8-,10?,11-/m1/s1. The number of halogens is 2. The van der Waals surface area contributed by atoms with E-state index in [4.69, 9.17) is 19.7 Å². The number of rotatable bonds is 5. The lowest BCUT2D eigenvalue weighted by Crippen LogP contribution is -2.42. The highest BCUT2D eigenvalue weighted by Crippen LogP contribution is 2.48. The minimum Gasteiger partial charge on any atom is -0.384 e. The molecule has 0 aliphatic carbocycles. The quantitative estimate of drug-likeness (QED) is 0.523. The first-order valence-electron chi connectivity index (χ1n) is 7.99. The molecular formula is C13H19F2N4O7P. The van der Waals surface area contributed by atoms with Crippen molar-refractivity contribution in [1.29, 1.82) is 0 Å². The molecule has 4 N–H and O–H groups in total. The van der Waals surface area contributed by atoms with Crippen molar-refractivity contribution >= 4 is 13.6 Å². The number of nitrogen functional groups attached to an aromatic ring is 1. The Labute approximate surface area is 151 Å². The van der Waals surface area contributed by atoms with Gasteiger partial charge in [0.25, 0.3) is 0 Å². The van der Waals surface area contributed by atoms with Gasteiger partial charge >= 0.3 is 19.4 Å². The van der Waals surface area contributed by atoms with Crippen LogP contribution in [0.2, 0.25) is 0 Å². The average Bonchev–Trinajstić information content (AvgIpc) is 2.84. The molecule has 0 radical (unpaired) electrons. The predicted molar refractivity (Wildman–Crippen MR) is 85.9 cm³/mol. The third-order valence-electron chi connectivity index (χ3n) is 4.24. The third kappa shape index (κ3) is 4.04. The fourth-order valence-electron chi connectivity index (χ4n) is 2.77. The molecule has 2 fully saturated rings. The highest BCUT2D eigenvalue weighted by Gasteiger charge is 2.60. The first kappa shape index (κ1) is 20.3. The second-order valence-electron chi connectivity index (χ2n) is 6.04. The van der Waals surface area contributed by atoms with Crippen LogP contribution in [0.4, 0.5) is 14.6 Å². The summed E-state index contributed by atoms with van der Waals surface area (Å²) in [5.41, 5.74) is 4.23. The minimum atomic E-state index is -4.28. The van der Waals surface area contributed by atoms with Crippen molar-refractivity contribution in [1.82, 2.24) is 14.2 Å². The van der Waals surface area contributed by atoms with E-state index in [1.807, 2.05) is 0 Å². The summed E-state index contributed by atoms with van der Waals surface area (Å²) < 4.78 is 57.6. The second kappa shape index (κ2) is 7.51. The molecule has 152 valence electrons. The van der Waals surface area contributed by atoms with Crippen LogP contribution in [0.1, 0.15) is 6.23 Å². The monoisotopic (exact) mass is 412 g/mol. The van der Waals surface area contributed by atoms with Gasteiger partial charge < -0.3 is 25.2 Å². The molecule has 0 spiro atoms. The number of morpholine rings is 1. The minimum absolute atomic E-state index is 0.132. The molecule has 0 aromatic carbocycles. The molecule has 2 aliphatic rings. The predicted octanol–water partition coefficient (Wildman–Crippen LogP) is -0.832. The lowest BCUT2D eigenvalue weighted by Gasteiger charge is -2.30. The first-order chi connectivity index (χ1) is 12.6. The largest absolute Gasteiger partial charge is 0.405 e. The van der Waals surface area contributed by atoms with E-state index < -0.39 is 44.4 Å². The number of hydrogen-bond acceptors (Lipinski definition) is 8. The summed E-state index contributed by atoms with van der Waals surface area (Å²) >= 11 is 0. The first-order valence-corrected chi connectivity index (χ1v) is 9.52. The summed E-state index contributed by atoms with van der Waals surface area (Å²) in [6.45, 7) is -0.0663. The van der Waals surface area contributed by atoms with E-state index in [0.29, 0.717) is 4.57 Å². The zero-order valence-electron chi connectivity index (χ0n) is 14.0. The molecule has 0 saturated carbocycles. The van der Waals surface area contributed by atoms with Gasteiger partial charge in [-0.15, -0.1) is 0 Å². The maximum Gasteiger partial charge on any atom is 0.405 e. The van der Waals surface area contributed by atoms with Crippen LogP contribution in [0.3, 0.4) is 0 Å². The molecular weight excluding hydrogens is 393 g/mol. The maximum absolute atomic E-state index is 14.4. The van der Waals surface area contributed by atoms with Gasteiger partial charge in [0, 0.05) is 19.3 Å². The maximum atomic E-state index is 14.4. The van der Waals surface area contributed by atoms with E-state index >= 15 is 0 Å². The van der Waals surface area contributed by atoms with Crippen LogP contribution < -0.4 is 11.4 Å². The van der Waals surface area contributed by atoms with Crippen LogP contribution in [-0.4, -0.2) is 75.3 Å². The molecule has 27 heavy (non-hydrogen) atoms. The molecule has 4 atom stereocenters. The van der Waals surface area contributed by atoms with Crippen molar-refractivity contribution in [2.45, 2.75) is 24.4 Å². The number of nitrogens with two attached hydrogens (primary N) is 1. The molecule has 11 nitrogen and oxygen atoms in total. The van der Waals surface area contributed by atoms with E-state index in [1.54, 1.807) is 0 Å². The highest BCUT2D eigenvalue weighted by atomic mass is 31.2. The summed E-state index contributed by atoms with van der Waals surface area (Å²) in [5.74, 6) is -4.03. The third-order valence-corrected chi connectivity index (χ3v) is 5.84. The van der Waals surface area contributed by atoms with Gasteiger partial charge in [-0.2, -0.15) is 13.8 Å².